The van der Waals surface area contributed by atoms with Crippen molar-refractivity contribution >= 4 is 16.8 Å². The highest BCUT2D eigenvalue weighted by atomic mass is 19.1. The van der Waals surface area contributed by atoms with Gasteiger partial charge < -0.3 is 9.88 Å². The topological polar surface area (TPSA) is 52.2 Å². The van der Waals surface area contributed by atoms with E-state index < -0.39 is 0 Å². The Labute approximate surface area is 196 Å². The van der Waals surface area contributed by atoms with Crippen LogP contribution in [0.1, 0.15) is 60.9 Å². The van der Waals surface area contributed by atoms with Crippen molar-refractivity contribution in [2.24, 2.45) is 0 Å². The minimum Gasteiger partial charge on any atom is -0.354 e. The molecule has 1 fully saturated rings. The molecule has 3 aromatic rings. The van der Waals surface area contributed by atoms with E-state index in [-0.39, 0.29) is 17.6 Å². The third kappa shape index (κ3) is 4.67. The molecule has 2 aromatic heterocycles. The molecule has 3 heterocycles. The van der Waals surface area contributed by atoms with Crippen molar-refractivity contribution < 1.29 is 9.18 Å². The molecule has 0 atom stereocenters. The van der Waals surface area contributed by atoms with Gasteiger partial charge in [-0.15, -0.1) is 0 Å². The van der Waals surface area contributed by atoms with E-state index in [9.17, 15) is 4.79 Å². The number of amides is 1. The van der Waals surface area contributed by atoms with E-state index in [1.54, 1.807) is 25.1 Å². The molecular formula is C27H35FN4O. The van der Waals surface area contributed by atoms with E-state index in [2.05, 4.69) is 47.8 Å². The number of likely N-dealkylation sites (tertiary alicyclic amines) is 1. The number of nitrogens with zero attached hydrogens (tertiary/aromatic N) is 3. The SMILES string of the molecule is Cc1cc(-c2[nH]c3cc(F)c(C4CCN(CC(=O)N(C)C)CC4)cc3c2C(C)C)c(C)cn1. The quantitative estimate of drug-likeness (QED) is 0.568. The smallest absolute Gasteiger partial charge is 0.236 e. The molecule has 1 saturated heterocycles. The largest absolute Gasteiger partial charge is 0.354 e. The standard InChI is InChI=1S/C27H35FN4O/c1-16(2)26-22-12-21(19-7-9-32(10-8-19)15-25(33)31(5)6)23(28)13-24(22)30-27(26)20-11-18(4)29-14-17(20)3/h11-14,16,19,30H,7-10,15H2,1-6H3. The second-order valence-corrected chi connectivity index (χ2v) is 9.97. The number of fused-ring (bicyclic) bond motifs is 1. The summed E-state index contributed by atoms with van der Waals surface area (Å²) >= 11 is 0. The first kappa shape index (κ1) is 23.4. The number of carbonyl (C=O) groups excluding carboxylic acids is 1. The number of aromatic amines is 1. The second-order valence-electron chi connectivity index (χ2n) is 9.97. The fourth-order valence-corrected chi connectivity index (χ4v) is 5.01. The number of carbonyl (C=O) groups is 1. The Bertz CT molecular complexity index is 1170. The summed E-state index contributed by atoms with van der Waals surface area (Å²) < 4.78 is 15.3. The van der Waals surface area contributed by atoms with Crippen molar-refractivity contribution in [3.8, 4) is 11.3 Å². The van der Waals surface area contributed by atoms with Gasteiger partial charge in [0.05, 0.1) is 12.2 Å². The first-order valence-corrected chi connectivity index (χ1v) is 11.9. The normalized spacial score (nSPS) is 15.5. The minimum absolute atomic E-state index is 0.115. The van der Waals surface area contributed by atoms with Crippen LogP contribution in [0.5, 0.6) is 0 Å². The summed E-state index contributed by atoms with van der Waals surface area (Å²) in [6, 6.07) is 5.86. The molecule has 176 valence electrons. The van der Waals surface area contributed by atoms with Gasteiger partial charge in [0.1, 0.15) is 5.82 Å². The summed E-state index contributed by atoms with van der Waals surface area (Å²) in [5.41, 5.74) is 7.15. The van der Waals surface area contributed by atoms with Gasteiger partial charge in [-0.25, -0.2) is 4.39 Å². The van der Waals surface area contributed by atoms with Gasteiger partial charge in [-0.2, -0.15) is 0 Å². The van der Waals surface area contributed by atoms with E-state index in [0.29, 0.717) is 12.5 Å². The van der Waals surface area contributed by atoms with Crippen LogP contribution in [0.25, 0.3) is 22.2 Å². The highest BCUT2D eigenvalue weighted by molar-refractivity contribution is 5.92. The average Bonchev–Trinajstić information content (AvgIpc) is 3.13. The molecule has 0 spiro atoms. The third-order valence-electron chi connectivity index (χ3n) is 6.93. The van der Waals surface area contributed by atoms with Crippen LogP contribution < -0.4 is 0 Å². The summed E-state index contributed by atoms with van der Waals surface area (Å²) in [4.78, 5) is 23.8. The molecule has 1 amide bonds. The van der Waals surface area contributed by atoms with Crippen LogP contribution in [0.3, 0.4) is 0 Å². The zero-order valence-electron chi connectivity index (χ0n) is 20.6. The number of piperidine rings is 1. The number of likely N-dealkylation sites (N-methyl/N-ethyl adjacent to an activating group) is 1. The number of halogens is 1. The monoisotopic (exact) mass is 450 g/mol. The van der Waals surface area contributed by atoms with Gasteiger partial charge >= 0.3 is 0 Å². The Hall–Kier alpha value is -2.73. The highest BCUT2D eigenvalue weighted by Crippen LogP contribution is 2.40. The van der Waals surface area contributed by atoms with Crippen molar-refractivity contribution in [1.82, 2.24) is 19.8 Å². The molecule has 5 nitrogen and oxygen atoms in total. The average molecular weight is 451 g/mol. The van der Waals surface area contributed by atoms with E-state index in [4.69, 9.17) is 0 Å². The Balaban J connectivity index is 1.68. The second kappa shape index (κ2) is 9.26. The summed E-state index contributed by atoms with van der Waals surface area (Å²) in [5.74, 6) is 0.433. The predicted molar refractivity (Wildman–Crippen MR) is 132 cm³/mol. The van der Waals surface area contributed by atoms with Gasteiger partial charge in [0.2, 0.25) is 5.91 Å². The van der Waals surface area contributed by atoms with Gasteiger partial charge in [0.25, 0.3) is 0 Å². The molecule has 1 aliphatic heterocycles. The van der Waals surface area contributed by atoms with Crippen molar-refractivity contribution in [3.05, 3.63) is 52.6 Å². The third-order valence-corrected chi connectivity index (χ3v) is 6.93. The van der Waals surface area contributed by atoms with E-state index in [1.807, 2.05) is 13.1 Å². The molecule has 1 aliphatic rings. The Morgan fingerprint density at radius 2 is 1.91 bits per heavy atom. The Kier molecular flexibility index (Phi) is 6.57. The van der Waals surface area contributed by atoms with Crippen molar-refractivity contribution in [3.63, 3.8) is 0 Å². The fraction of sp³-hybridized carbons (Fsp3) is 0.481. The van der Waals surface area contributed by atoms with Crippen LogP contribution in [0.15, 0.2) is 24.4 Å². The number of hydrogen-bond donors (Lipinski definition) is 1. The molecule has 33 heavy (non-hydrogen) atoms. The number of H-pyrrole nitrogens is 1. The minimum atomic E-state index is -0.143. The van der Waals surface area contributed by atoms with Gasteiger partial charge in [-0.05, 0) is 86.5 Å². The van der Waals surface area contributed by atoms with Gasteiger partial charge in [-0.3, -0.25) is 14.7 Å². The van der Waals surface area contributed by atoms with E-state index in [0.717, 1.165) is 64.9 Å². The van der Waals surface area contributed by atoms with Crippen LogP contribution >= 0.6 is 0 Å². The number of pyridine rings is 1. The zero-order valence-corrected chi connectivity index (χ0v) is 20.6. The van der Waals surface area contributed by atoms with Crippen molar-refractivity contribution in [2.75, 3.05) is 33.7 Å². The lowest BCUT2D eigenvalue weighted by Crippen LogP contribution is -2.40. The fourth-order valence-electron chi connectivity index (χ4n) is 5.01. The zero-order chi connectivity index (χ0) is 23.9. The molecule has 0 saturated carbocycles. The highest BCUT2D eigenvalue weighted by Gasteiger charge is 2.26. The lowest BCUT2D eigenvalue weighted by Gasteiger charge is -2.32. The summed E-state index contributed by atoms with van der Waals surface area (Å²) in [5, 5.41) is 1.11. The number of benzene rings is 1. The predicted octanol–water partition coefficient (Wildman–Crippen LogP) is 5.38. The molecule has 1 aromatic carbocycles. The van der Waals surface area contributed by atoms with Crippen LogP contribution in [0.4, 0.5) is 4.39 Å². The van der Waals surface area contributed by atoms with Crippen LogP contribution in [-0.2, 0) is 4.79 Å². The molecule has 0 radical (unpaired) electrons. The number of nitrogens with one attached hydrogen (secondary N) is 1. The molecule has 1 N–H and O–H groups in total. The van der Waals surface area contributed by atoms with Gasteiger partial charge in [-0.1, -0.05) is 13.8 Å². The number of hydrogen-bond acceptors (Lipinski definition) is 3. The molecule has 6 heteroatoms. The summed E-state index contributed by atoms with van der Waals surface area (Å²) in [7, 11) is 3.57. The maximum absolute atomic E-state index is 15.3. The number of rotatable bonds is 5. The van der Waals surface area contributed by atoms with Gasteiger partial charge in [0.15, 0.2) is 0 Å². The first-order valence-electron chi connectivity index (χ1n) is 11.9. The van der Waals surface area contributed by atoms with Crippen LogP contribution in [-0.4, -0.2) is 59.4 Å². The number of aryl methyl sites for hydroxylation is 2. The lowest BCUT2D eigenvalue weighted by atomic mass is 9.87. The van der Waals surface area contributed by atoms with Crippen LogP contribution in [0.2, 0.25) is 0 Å². The Morgan fingerprint density at radius 1 is 1.21 bits per heavy atom. The summed E-state index contributed by atoms with van der Waals surface area (Å²) in [6.07, 6.45) is 3.63. The van der Waals surface area contributed by atoms with Crippen molar-refractivity contribution in [1.29, 1.82) is 0 Å². The van der Waals surface area contributed by atoms with Crippen molar-refractivity contribution in [2.45, 2.75) is 52.4 Å². The summed E-state index contributed by atoms with van der Waals surface area (Å²) in [6.45, 7) is 10.5. The van der Waals surface area contributed by atoms with E-state index in [1.165, 1.54) is 5.56 Å². The Morgan fingerprint density at radius 3 is 2.55 bits per heavy atom. The number of aromatic nitrogens is 2. The van der Waals surface area contributed by atoms with Crippen LogP contribution in [0, 0.1) is 19.7 Å². The maximum Gasteiger partial charge on any atom is 0.236 e. The molecular weight excluding hydrogens is 415 g/mol. The molecule has 0 bridgehead atoms. The maximum atomic E-state index is 15.3. The lowest BCUT2D eigenvalue weighted by molar-refractivity contribution is -0.130. The first-order chi connectivity index (χ1) is 15.7. The molecule has 0 aliphatic carbocycles. The molecule has 0 unspecified atom stereocenters. The van der Waals surface area contributed by atoms with Gasteiger partial charge in [0, 0.05) is 42.5 Å². The molecule has 4 rings (SSSR count). The van der Waals surface area contributed by atoms with E-state index >= 15 is 4.39 Å².